The van der Waals surface area contributed by atoms with Gasteiger partial charge in [0.05, 0.1) is 11.8 Å². The Morgan fingerprint density at radius 2 is 2.04 bits per heavy atom. The SMILES string of the molecule is CC(C)Oc1ccccc1/C=C/C(=O)c1ccc2c(c1)NC(=O)CO2. The molecular weight excluding hydrogens is 318 g/mol. The molecule has 2 aromatic rings. The van der Waals surface area contributed by atoms with E-state index < -0.39 is 0 Å². The van der Waals surface area contributed by atoms with Gasteiger partial charge in [-0.25, -0.2) is 0 Å². The number of para-hydroxylation sites is 1. The molecule has 1 N–H and O–H groups in total. The van der Waals surface area contributed by atoms with E-state index in [1.165, 1.54) is 6.08 Å². The van der Waals surface area contributed by atoms with Crippen molar-refractivity contribution in [2.24, 2.45) is 0 Å². The van der Waals surface area contributed by atoms with Crippen molar-refractivity contribution in [2.45, 2.75) is 20.0 Å². The van der Waals surface area contributed by atoms with Gasteiger partial charge < -0.3 is 14.8 Å². The molecule has 1 amide bonds. The zero-order chi connectivity index (χ0) is 17.8. The fraction of sp³-hybridized carbons (Fsp3) is 0.200. The highest BCUT2D eigenvalue weighted by atomic mass is 16.5. The van der Waals surface area contributed by atoms with Crippen molar-refractivity contribution >= 4 is 23.5 Å². The Hall–Kier alpha value is -3.08. The Kier molecular flexibility index (Phi) is 4.84. The molecule has 1 heterocycles. The zero-order valence-corrected chi connectivity index (χ0v) is 14.1. The van der Waals surface area contributed by atoms with Gasteiger partial charge in [0.15, 0.2) is 12.4 Å². The van der Waals surface area contributed by atoms with Crippen LogP contribution in [0.25, 0.3) is 6.08 Å². The molecule has 25 heavy (non-hydrogen) atoms. The molecule has 0 radical (unpaired) electrons. The second-order valence-electron chi connectivity index (χ2n) is 5.95. The normalized spacial score (nSPS) is 13.3. The summed E-state index contributed by atoms with van der Waals surface area (Å²) in [5.41, 5.74) is 1.82. The van der Waals surface area contributed by atoms with Crippen LogP contribution in [0, 0.1) is 0 Å². The molecule has 0 atom stereocenters. The first-order valence-corrected chi connectivity index (χ1v) is 8.08. The number of amides is 1. The summed E-state index contributed by atoms with van der Waals surface area (Å²) in [6.07, 6.45) is 3.28. The maximum Gasteiger partial charge on any atom is 0.262 e. The highest BCUT2D eigenvalue weighted by molar-refractivity contribution is 6.08. The summed E-state index contributed by atoms with van der Waals surface area (Å²) in [6, 6.07) is 12.5. The number of fused-ring (bicyclic) bond motifs is 1. The first-order valence-electron chi connectivity index (χ1n) is 8.08. The lowest BCUT2D eigenvalue weighted by atomic mass is 10.1. The van der Waals surface area contributed by atoms with Gasteiger partial charge in [-0.15, -0.1) is 0 Å². The van der Waals surface area contributed by atoms with E-state index in [1.807, 2.05) is 38.1 Å². The molecule has 1 aliphatic heterocycles. The minimum absolute atomic E-state index is 0.00711. The zero-order valence-electron chi connectivity index (χ0n) is 14.1. The smallest absolute Gasteiger partial charge is 0.262 e. The third kappa shape index (κ3) is 4.07. The number of ketones is 1. The Morgan fingerprint density at radius 1 is 1.24 bits per heavy atom. The monoisotopic (exact) mass is 337 g/mol. The first-order chi connectivity index (χ1) is 12.0. The number of hydrogen-bond acceptors (Lipinski definition) is 4. The molecular formula is C20H19NO4. The van der Waals surface area contributed by atoms with Gasteiger partial charge in [-0.05, 0) is 50.3 Å². The van der Waals surface area contributed by atoms with Crippen molar-refractivity contribution in [1.82, 2.24) is 0 Å². The van der Waals surface area contributed by atoms with Crippen LogP contribution >= 0.6 is 0 Å². The number of anilines is 1. The minimum Gasteiger partial charge on any atom is -0.490 e. The second kappa shape index (κ2) is 7.21. The molecule has 0 spiro atoms. The molecule has 0 aliphatic carbocycles. The molecule has 2 aromatic carbocycles. The lowest BCUT2D eigenvalue weighted by molar-refractivity contribution is -0.118. The Morgan fingerprint density at radius 3 is 2.84 bits per heavy atom. The Bertz CT molecular complexity index is 839. The van der Waals surface area contributed by atoms with Gasteiger partial charge in [-0.2, -0.15) is 0 Å². The van der Waals surface area contributed by atoms with Crippen LogP contribution in [0.5, 0.6) is 11.5 Å². The summed E-state index contributed by atoms with van der Waals surface area (Å²) in [5.74, 6) is 0.901. The van der Waals surface area contributed by atoms with E-state index >= 15 is 0 Å². The third-order valence-corrected chi connectivity index (χ3v) is 3.59. The topological polar surface area (TPSA) is 64.6 Å². The number of hydrogen-bond donors (Lipinski definition) is 1. The lowest BCUT2D eigenvalue weighted by Gasteiger charge is -2.18. The maximum atomic E-state index is 12.4. The number of rotatable bonds is 5. The minimum atomic E-state index is -0.229. The predicted molar refractivity (Wildman–Crippen MR) is 96.1 cm³/mol. The van der Waals surface area contributed by atoms with Crippen molar-refractivity contribution in [3.63, 3.8) is 0 Å². The number of nitrogens with one attached hydrogen (secondary N) is 1. The molecule has 0 aromatic heterocycles. The largest absolute Gasteiger partial charge is 0.490 e. The fourth-order valence-corrected chi connectivity index (χ4v) is 2.48. The first kappa shape index (κ1) is 16.8. The summed E-state index contributed by atoms with van der Waals surface area (Å²) in [7, 11) is 0. The molecule has 0 fully saturated rings. The highest BCUT2D eigenvalue weighted by Gasteiger charge is 2.17. The molecule has 3 rings (SSSR count). The van der Waals surface area contributed by atoms with Crippen LogP contribution < -0.4 is 14.8 Å². The van der Waals surface area contributed by atoms with Crippen LogP contribution in [0.2, 0.25) is 0 Å². The van der Waals surface area contributed by atoms with Crippen LogP contribution in [-0.2, 0) is 4.79 Å². The summed E-state index contributed by atoms with van der Waals surface area (Å²) in [6.45, 7) is 3.90. The van der Waals surface area contributed by atoms with Gasteiger partial charge in [0.2, 0.25) is 0 Å². The molecule has 5 heteroatoms. The van der Waals surface area contributed by atoms with E-state index in [1.54, 1.807) is 24.3 Å². The summed E-state index contributed by atoms with van der Waals surface area (Å²) < 4.78 is 11.0. The quantitative estimate of drug-likeness (QED) is 0.667. The number of ether oxygens (including phenoxy) is 2. The van der Waals surface area contributed by atoms with Gasteiger partial charge in [-0.3, -0.25) is 9.59 Å². The van der Waals surface area contributed by atoms with E-state index in [9.17, 15) is 9.59 Å². The summed E-state index contributed by atoms with van der Waals surface area (Å²) in [4.78, 5) is 23.8. The standard InChI is InChI=1S/C20H19NO4/c1-13(2)25-18-6-4-3-5-14(18)7-9-17(22)15-8-10-19-16(11-15)21-20(23)12-24-19/h3-11,13H,12H2,1-2H3,(H,21,23)/b9-7+. The van der Waals surface area contributed by atoms with Crippen molar-refractivity contribution in [2.75, 3.05) is 11.9 Å². The molecule has 0 unspecified atom stereocenters. The Labute approximate surface area is 146 Å². The van der Waals surface area contributed by atoms with Gasteiger partial charge in [-0.1, -0.05) is 18.2 Å². The number of carbonyl (C=O) groups is 2. The molecule has 0 saturated carbocycles. The van der Waals surface area contributed by atoms with Gasteiger partial charge in [0.25, 0.3) is 5.91 Å². The molecule has 5 nitrogen and oxygen atoms in total. The van der Waals surface area contributed by atoms with Crippen molar-refractivity contribution in [3.05, 3.63) is 59.7 Å². The fourth-order valence-electron chi connectivity index (χ4n) is 2.48. The van der Waals surface area contributed by atoms with Crippen LogP contribution in [0.1, 0.15) is 29.8 Å². The summed E-state index contributed by atoms with van der Waals surface area (Å²) >= 11 is 0. The molecule has 0 saturated heterocycles. The van der Waals surface area contributed by atoms with Crippen LogP contribution in [-0.4, -0.2) is 24.4 Å². The van der Waals surface area contributed by atoms with Crippen molar-refractivity contribution in [1.29, 1.82) is 0 Å². The highest BCUT2D eigenvalue weighted by Crippen LogP contribution is 2.29. The van der Waals surface area contributed by atoms with Gasteiger partial charge in [0, 0.05) is 11.1 Å². The van der Waals surface area contributed by atoms with Crippen LogP contribution in [0.4, 0.5) is 5.69 Å². The number of carbonyl (C=O) groups excluding carboxylic acids is 2. The molecule has 1 aliphatic rings. The maximum absolute atomic E-state index is 12.4. The molecule has 128 valence electrons. The van der Waals surface area contributed by atoms with E-state index in [2.05, 4.69) is 5.32 Å². The van der Waals surface area contributed by atoms with Gasteiger partial charge in [0.1, 0.15) is 11.5 Å². The second-order valence-corrected chi connectivity index (χ2v) is 5.95. The number of benzene rings is 2. The predicted octanol–water partition coefficient (Wildman–Crippen LogP) is 3.70. The summed E-state index contributed by atoms with van der Waals surface area (Å²) in [5, 5.41) is 2.70. The van der Waals surface area contributed by atoms with Gasteiger partial charge >= 0.3 is 0 Å². The van der Waals surface area contributed by atoms with E-state index in [0.29, 0.717) is 17.0 Å². The average Bonchev–Trinajstić information content (AvgIpc) is 2.59. The lowest BCUT2D eigenvalue weighted by Crippen LogP contribution is -2.25. The van der Waals surface area contributed by atoms with Crippen LogP contribution in [0.15, 0.2) is 48.5 Å². The van der Waals surface area contributed by atoms with Crippen molar-refractivity contribution in [3.8, 4) is 11.5 Å². The third-order valence-electron chi connectivity index (χ3n) is 3.59. The van der Waals surface area contributed by atoms with E-state index in [-0.39, 0.29) is 24.4 Å². The Balaban J connectivity index is 1.80. The number of allylic oxidation sites excluding steroid dienone is 1. The molecule has 0 bridgehead atoms. The van der Waals surface area contributed by atoms with Crippen LogP contribution in [0.3, 0.4) is 0 Å². The van der Waals surface area contributed by atoms with Crippen molar-refractivity contribution < 1.29 is 19.1 Å². The van der Waals surface area contributed by atoms with E-state index in [4.69, 9.17) is 9.47 Å². The van der Waals surface area contributed by atoms with E-state index in [0.717, 1.165) is 11.3 Å². The average molecular weight is 337 g/mol.